The molecule has 0 aliphatic carbocycles. The molecule has 8 nitrogen and oxygen atoms in total. The molecular weight excluding hydrogens is 513 g/mol. The van der Waals surface area contributed by atoms with Gasteiger partial charge in [0.05, 0.1) is 13.7 Å². The Morgan fingerprint density at radius 3 is 2.67 bits per heavy atom. The van der Waals surface area contributed by atoms with E-state index < -0.39 is 17.6 Å². The fourth-order valence-corrected chi connectivity index (χ4v) is 4.49. The SMILES string of the molecule is C=CC[C@]1(C(=O)NNCCc2ccccc2F)N=C(c2ccc(OCCCO)cc2)O[C@H]1c1cccc(OC)c1. The van der Waals surface area contributed by atoms with Gasteiger partial charge in [-0.25, -0.2) is 14.8 Å². The van der Waals surface area contributed by atoms with Crippen LogP contribution < -0.4 is 20.3 Å². The number of rotatable bonds is 14. The normalized spacial score (nSPS) is 18.0. The Morgan fingerprint density at radius 2 is 1.95 bits per heavy atom. The molecule has 0 saturated carbocycles. The highest BCUT2D eigenvalue weighted by Crippen LogP contribution is 2.43. The average molecular weight is 548 g/mol. The van der Waals surface area contributed by atoms with Crippen LogP contribution in [0.3, 0.4) is 0 Å². The van der Waals surface area contributed by atoms with E-state index in [0.717, 1.165) is 0 Å². The molecule has 210 valence electrons. The number of hydrogen-bond donors (Lipinski definition) is 3. The Morgan fingerprint density at radius 1 is 1.15 bits per heavy atom. The first-order valence-electron chi connectivity index (χ1n) is 13.1. The Kier molecular flexibility index (Phi) is 9.88. The minimum atomic E-state index is -1.37. The summed E-state index contributed by atoms with van der Waals surface area (Å²) in [5.74, 6) is 0.870. The largest absolute Gasteiger partial charge is 0.497 e. The first-order valence-corrected chi connectivity index (χ1v) is 13.1. The number of aliphatic hydroxyl groups is 1. The lowest BCUT2D eigenvalue weighted by Gasteiger charge is -2.29. The molecule has 3 N–H and O–H groups in total. The van der Waals surface area contributed by atoms with E-state index in [4.69, 9.17) is 24.3 Å². The Bertz CT molecular complexity index is 1330. The van der Waals surface area contributed by atoms with Gasteiger partial charge in [-0.3, -0.25) is 10.2 Å². The number of hydrogen-bond acceptors (Lipinski definition) is 7. The molecule has 2 atom stereocenters. The number of nitrogens with one attached hydrogen (secondary N) is 2. The predicted molar refractivity (Wildman–Crippen MR) is 151 cm³/mol. The van der Waals surface area contributed by atoms with Crippen LogP contribution in [0.15, 0.2) is 90.4 Å². The number of ether oxygens (including phenoxy) is 3. The maximum Gasteiger partial charge on any atom is 0.266 e. The van der Waals surface area contributed by atoms with Crippen LogP contribution in [0.5, 0.6) is 11.5 Å². The van der Waals surface area contributed by atoms with Gasteiger partial charge in [-0.1, -0.05) is 36.4 Å². The highest BCUT2D eigenvalue weighted by Gasteiger charge is 2.52. The quantitative estimate of drug-likeness (QED) is 0.158. The van der Waals surface area contributed by atoms with Gasteiger partial charge in [0.15, 0.2) is 11.6 Å². The van der Waals surface area contributed by atoms with Crippen molar-refractivity contribution in [2.75, 3.05) is 26.9 Å². The van der Waals surface area contributed by atoms with Gasteiger partial charge in [0.2, 0.25) is 5.90 Å². The van der Waals surface area contributed by atoms with Crippen molar-refractivity contribution in [3.8, 4) is 11.5 Å². The molecule has 9 heteroatoms. The Hall–Kier alpha value is -4.21. The zero-order valence-corrected chi connectivity index (χ0v) is 22.4. The molecule has 0 radical (unpaired) electrons. The first-order chi connectivity index (χ1) is 19.5. The molecule has 1 heterocycles. The summed E-state index contributed by atoms with van der Waals surface area (Å²) in [5, 5.41) is 8.97. The number of nitrogens with zero attached hydrogens (tertiary/aromatic N) is 1. The van der Waals surface area contributed by atoms with E-state index in [2.05, 4.69) is 17.4 Å². The molecule has 1 aliphatic heterocycles. The van der Waals surface area contributed by atoms with Crippen LogP contribution in [0.2, 0.25) is 0 Å². The number of halogens is 1. The number of carbonyl (C=O) groups excluding carboxylic acids is 1. The van der Waals surface area contributed by atoms with Gasteiger partial charge in [0.25, 0.3) is 5.91 Å². The van der Waals surface area contributed by atoms with Crippen LogP contribution in [0.25, 0.3) is 0 Å². The maximum atomic E-state index is 14.0. The summed E-state index contributed by atoms with van der Waals surface area (Å²) in [4.78, 5) is 18.6. The standard InChI is InChI=1S/C31H34FN3O5/c1-3-17-31(30(37)35-33-18-16-22-8-4-5-11-27(22)32)28(24-9-6-10-26(21-24)38-2)40-29(34-31)23-12-14-25(15-13-23)39-20-7-19-36/h3-6,8-15,21,28,33,36H,1,7,16-20H2,2H3,(H,35,37)/t28-,31-/m0/s1. The highest BCUT2D eigenvalue weighted by molar-refractivity contribution is 6.01. The van der Waals surface area contributed by atoms with Crippen molar-refractivity contribution in [1.29, 1.82) is 0 Å². The second-order valence-corrected chi connectivity index (χ2v) is 9.28. The van der Waals surface area contributed by atoms with E-state index in [9.17, 15) is 9.18 Å². The smallest absolute Gasteiger partial charge is 0.266 e. The van der Waals surface area contributed by atoms with E-state index in [0.29, 0.717) is 60.1 Å². The first kappa shape index (κ1) is 28.8. The van der Waals surface area contributed by atoms with Gasteiger partial charge in [-0.2, -0.15) is 0 Å². The number of benzene rings is 3. The number of carbonyl (C=O) groups is 1. The predicted octanol–water partition coefficient (Wildman–Crippen LogP) is 4.29. The molecule has 3 aromatic rings. The zero-order chi connectivity index (χ0) is 28.4. The molecule has 40 heavy (non-hydrogen) atoms. The van der Waals surface area contributed by atoms with E-state index in [-0.39, 0.29) is 18.8 Å². The number of aliphatic imine (C=N–C) groups is 1. The summed E-state index contributed by atoms with van der Waals surface area (Å²) in [7, 11) is 1.57. The second-order valence-electron chi connectivity index (χ2n) is 9.28. The number of amides is 1. The van der Waals surface area contributed by atoms with E-state index in [1.807, 2.05) is 36.4 Å². The summed E-state index contributed by atoms with van der Waals surface area (Å²) in [6.07, 6.45) is 1.98. The lowest BCUT2D eigenvalue weighted by Crippen LogP contribution is -2.52. The number of aliphatic hydroxyl groups excluding tert-OH is 1. The van der Waals surface area contributed by atoms with Gasteiger partial charge in [-0.15, -0.1) is 6.58 Å². The van der Waals surface area contributed by atoms with Gasteiger partial charge in [0.1, 0.15) is 17.3 Å². The summed E-state index contributed by atoms with van der Waals surface area (Å²) < 4.78 is 31.4. The zero-order valence-electron chi connectivity index (χ0n) is 22.4. The van der Waals surface area contributed by atoms with Crippen molar-refractivity contribution in [3.05, 3.63) is 108 Å². The lowest BCUT2D eigenvalue weighted by molar-refractivity contribution is -0.129. The van der Waals surface area contributed by atoms with Gasteiger partial charge in [-0.05, 0) is 60.0 Å². The van der Waals surface area contributed by atoms with Crippen molar-refractivity contribution in [3.63, 3.8) is 0 Å². The fraction of sp³-hybridized carbons (Fsp3) is 0.290. The van der Waals surface area contributed by atoms with Crippen molar-refractivity contribution < 1.29 is 28.5 Å². The topological polar surface area (TPSA) is 101 Å². The third kappa shape index (κ3) is 6.67. The van der Waals surface area contributed by atoms with Crippen molar-refractivity contribution in [2.24, 2.45) is 4.99 Å². The molecule has 0 unspecified atom stereocenters. The van der Waals surface area contributed by atoms with Crippen molar-refractivity contribution >= 4 is 11.8 Å². The summed E-state index contributed by atoms with van der Waals surface area (Å²) in [6.45, 7) is 4.65. The monoisotopic (exact) mass is 547 g/mol. The maximum absolute atomic E-state index is 14.0. The van der Waals surface area contributed by atoms with Crippen LogP contribution in [0.4, 0.5) is 4.39 Å². The molecule has 4 rings (SSSR count). The molecular formula is C31H34FN3O5. The number of methoxy groups -OCH3 is 1. The summed E-state index contributed by atoms with van der Waals surface area (Å²) >= 11 is 0. The van der Waals surface area contributed by atoms with E-state index in [1.165, 1.54) is 6.07 Å². The van der Waals surface area contributed by atoms with Crippen molar-refractivity contribution in [2.45, 2.75) is 30.9 Å². The molecule has 1 amide bonds. The van der Waals surface area contributed by atoms with Crippen LogP contribution in [0.1, 0.15) is 35.6 Å². The van der Waals surface area contributed by atoms with Gasteiger partial charge < -0.3 is 19.3 Å². The molecule has 0 fully saturated rings. The van der Waals surface area contributed by atoms with Crippen LogP contribution in [-0.4, -0.2) is 49.3 Å². The summed E-state index contributed by atoms with van der Waals surface area (Å²) in [5.41, 5.74) is 6.24. The highest BCUT2D eigenvalue weighted by atomic mass is 19.1. The molecule has 0 aromatic heterocycles. The third-order valence-corrected chi connectivity index (χ3v) is 6.56. The minimum absolute atomic E-state index is 0.0554. The second kappa shape index (κ2) is 13.7. The lowest BCUT2D eigenvalue weighted by atomic mass is 9.84. The molecule has 0 saturated heterocycles. The summed E-state index contributed by atoms with van der Waals surface area (Å²) in [6, 6.07) is 21.0. The van der Waals surface area contributed by atoms with Crippen LogP contribution in [0, 0.1) is 5.82 Å². The van der Waals surface area contributed by atoms with Gasteiger partial charge >= 0.3 is 0 Å². The van der Waals surface area contributed by atoms with Crippen LogP contribution in [-0.2, 0) is 16.0 Å². The van der Waals surface area contributed by atoms with Crippen molar-refractivity contribution in [1.82, 2.24) is 10.9 Å². The molecule has 1 aliphatic rings. The number of hydrazine groups is 1. The fourth-order valence-electron chi connectivity index (χ4n) is 4.49. The molecule has 0 bridgehead atoms. The van der Waals surface area contributed by atoms with Gasteiger partial charge in [0, 0.05) is 31.6 Å². The van der Waals surface area contributed by atoms with Crippen LogP contribution >= 0.6 is 0 Å². The molecule has 3 aromatic carbocycles. The Balaban J connectivity index is 1.59. The van der Waals surface area contributed by atoms with E-state index in [1.54, 1.807) is 43.5 Å². The Labute approximate surface area is 233 Å². The minimum Gasteiger partial charge on any atom is -0.497 e. The van der Waals surface area contributed by atoms with E-state index >= 15 is 0 Å². The third-order valence-electron chi connectivity index (χ3n) is 6.56. The molecule has 0 spiro atoms. The average Bonchev–Trinajstić information content (AvgIpc) is 3.37.